The molecule has 0 aliphatic heterocycles. The molecule has 86 valence electrons. The highest BCUT2D eigenvalue weighted by Gasteiger charge is 2.14. The molecule has 2 aliphatic rings. The third-order valence-corrected chi connectivity index (χ3v) is 2.96. The molecule has 0 N–H and O–H groups in total. The summed E-state index contributed by atoms with van der Waals surface area (Å²) in [5.74, 6) is 0. The SMILES string of the molecule is c1ccc(-c2cc3cc-3c2)cc1.c1ccccc1. The van der Waals surface area contributed by atoms with Crippen molar-refractivity contribution in [1.82, 2.24) is 0 Å². The summed E-state index contributed by atoms with van der Waals surface area (Å²) < 4.78 is 0. The lowest BCUT2D eigenvalue weighted by Gasteiger charge is -1.94. The van der Waals surface area contributed by atoms with Crippen molar-refractivity contribution in [1.29, 1.82) is 0 Å². The van der Waals surface area contributed by atoms with Crippen LogP contribution in [0.2, 0.25) is 0 Å². The standard InChI is InChI=1S/C12H8.C6H6/c1-2-4-9(5-3-1)10-6-11-8-12(11)7-10;1-2-4-6-5-3-1/h1-8H;1-6H. The van der Waals surface area contributed by atoms with Crippen molar-refractivity contribution in [2.45, 2.75) is 0 Å². The first kappa shape index (κ1) is 10.8. The van der Waals surface area contributed by atoms with Crippen LogP contribution < -0.4 is 0 Å². The van der Waals surface area contributed by atoms with Gasteiger partial charge < -0.3 is 0 Å². The Hall–Kier alpha value is -2.34. The molecule has 0 heterocycles. The van der Waals surface area contributed by atoms with Crippen LogP contribution in [0.5, 0.6) is 0 Å². The quantitative estimate of drug-likeness (QED) is 0.430. The Labute approximate surface area is 108 Å². The molecule has 0 saturated heterocycles. The van der Waals surface area contributed by atoms with E-state index < -0.39 is 0 Å². The molecule has 4 rings (SSSR count). The maximum Gasteiger partial charge on any atom is -0.0171 e. The molecule has 0 saturated carbocycles. The van der Waals surface area contributed by atoms with Crippen LogP contribution in [0.1, 0.15) is 0 Å². The van der Waals surface area contributed by atoms with Gasteiger partial charge >= 0.3 is 0 Å². The monoisotopic (exact) mass is 230 g/mol. The Balaban J connectivity index is 0.000000142. The van der Waals surface area contributed by atoms with Gasteiger partial charge in [0.05, 0.1) is 0 Å². The number of benzene rings is 3. The molecule has 2 aromatic rings. The molecule has 0 unspecified atom stereocenters. The third-order valence-electron chi connectivity index (χ3n) is 2.96. The lowest BCUT2D eigenvalue weighted by molar-refractivity contribution is 1.67. The summed E-state index contributed by atoms with van der Waals surface area (Å²) >= 11 is 0. The second-order valence-electron chi connectivity index (χ2n) is 4.32. The molecule has 0 amide bonds. The van der Waals surface area contributed by atoms with Crippen LogP contribution in [0.25, 0.3) is 22.3 Å². The van der Waals surface area contributed by atoms with Crippen LogP contribution in [-0.2, 0) is 0 Å². The van der Waals surface area contributed by atoms with Gasteiger partial charge in [-0.2, -0.15) is 0 Å². The van der Waals surface area contributed by atoms with Crippen LogP contribution >= 0.6 is 0 Å². The minimum atomic E-state index is 1.32. The molecule has 2 aromatic carbocycles. The molecule has 0 spiro atoms. The van der Waals surface area contributed by atoms with Gasteiger partial charge in [0.15, 0.2) is 0 Å². The highest BCUT2D eigenvalue weighted by Crippen LogP contribution is 2.40. The molecule has 0 radical (unpaired) electrons. The van der Waals surface area contributed by atoms with Gasteiger partial charge in [-0.1, -0.05) is 66.7 Å². The van der Waals surface area contributed by atoms with Gasteiger partial charge in [-0.15, -0.1) is 0 Å². The predicted octanol–water partition coefficient (Wildman–Crippen LogP) is 5.02. The zero-order chi connectivity index (χ0) is 12.2. The van der Waals surface area contributed by atoms with E-state index in [4.69, 9.17) is 0 Å². The third kappa shape index (κ3) is 2.49. The van der Waals surface area contributed by atoms with Gasteiger partial charge in [0.25, 0.3) is 0 Å². The molecule has 18 heavy (non-hydrogen) atoms. The van der Waals surface area contributed by atoms with E-state index in [-0.39, 0.29) is 0 Å². The Morgan fingerprint density at radius 2 is 0.667 bits per heavy atom. The van der Waals surface area contributed by atoms with Crippen LogP contribution in [0.3, 0.4) is 0 Å². The van der Waals surface area contributed by atoms with E-state index in [0.29, 0.717) is 0 Å². The summed E-state index contributed by atoms with van der Waals surface area (Å²) in [6.07, 6.45) is 0. The summed E-state index contributed by atoms with van der Waals surface area (Å²) in [4.78, 5) is 0. The van der Waals surface area contributed by atoms with Crippen LogP contribution in [0.15, 0.2) is 84.9 Å². The molecule has 0 heteroatoms. The van der Waals surface area contributed by atoms with E-state index in [2.05, 4.69) is 42.5 Å². The summed E-state index contributed by atoms with van der Waals surface area (Å²) in [5, 5.41) is 0. The first-order valence-corrected chi connectivity index (χ1v) is 6.14. The Morgan fingerprint density at radius 1 is 0.333 bits per heavy atom. The molecular formula is C18H14. The summed E-state index contributed by atoms with van der Waals surface area (Å²) in [5.41, 5.74) is 5.49. The topological polar surface area (TPSA) is 0 Å². The first-order chi connectivity index (χ1) is 8.93. The average molecular weight is 230 g/mol. The van der Waals surface area contributed by atoms with Gasteiger partial charge in [0.2, 0.25) is 0 Å². The Kier molecular flexibility index (Phi) is 2.93. The molecule has 2 aliphatic carbocycles. The zero-order valence-corrected chi connectivity index (χ0v) is 10.1. The molecular weight excluding hydrogens is 216 g/mol. The minimum Gasteiger partial charge on any atom is -0.0623 e. The lowest BCUT2D eigenvalue weighted by Crippen LogP contribution is -1.69. The van der Waals surface area contributed by atoms with Gasteiger partial charge in [-0.25, -0.2) is 0 Å². The minimum absolute atomic E-state index is 1.32. The van der Waals surface area contributed by atoms with Crippen molar-refractivity contribution in [3.63, 3.8) is 0 Å². The van der Waals surface area contributed by atoms with Crippen LogP contribution in [-0.4, -0.2) is 0 Å². The maximum atomic E-state index is 2.24. The van der Waals surface area contributed by atoms with Crippen molar-refractivity contribution in [2.24, 2.45) is 0 Å². The second kappa shape index (κ2) is 4.89. The van der Waals surface area contributed by atoms with Gasteiger partial charge in [-0.05, 0) is 40.5 Å². The van der Waals surface area contributed by atoms with E-state index in [0.717, 1.165) is 0 Å². The number of fused-ring (bicyclic) bond motifs is 1. The molecule has 0 nitrogen and oxygen atoms in total. The molecule has 0 aromatic heterocycles. The summed E-state index contributed by atoms with van der Waals surface area (Å²) in [7, 11) is 0. The average Bonchev–Trinajstić information content (AvgIpc) is 3.09. The van der Waals surface area contributed by atoms with E-state index in [9.17, 15) is 0 Å². The van der Waals surface area contributed by atoms with Gasteiger partial charge in [0, 0.05) is 0 Å². The highest BCUT2D eigenvalue weighted by atomic mass is 14.2. The predicted molar refractivity (Wildman–Crippen MR) is 77.3 cm³/mol. The van der Waals surface area contributed by atoms with Crippen molar-refractivity contribution in [3.05, 3.63) is 84.9 Å². The van der Waals surface area contributed by atoms with E-state index in [1.54, 1.807) is 0 Å². The second-order valence-corrected chi connectivity index (χ2v) is 4.32. The zero-order valence-electron chi connectivity index (χ0n) is 10.1. The van der Waals surface area contributed by atoms with E-state index in [1.807, 2.05) is 42.5 Å². The normalized spacial score (nSPS) is 10.2. The fourth-order valence-corrected chi connectivity index (χ4v) is 1.94. The summed E-state index contributed by atoms with van der Waals surface area (Å²) in [6, 6.07) is 29.2. The number of hydrogen-bond acceptors (Lipinski definition) is 0. The first-order valence-electron chi connectivity index (χ1n) is 6.14. The van der Waals surface area contributed by atoms with E-state index >= 15 is 0 Å². The molecule has 0 fully saturated rings. The van der Waals surface area contributed by atoms with E-state index in [1.165, 1.54) is 22.3 Å². The Morgan fingerprint density at radius 3 is 1.11 bits per heavy atom. The number of hydrogen-bond donors (Lipinski definition) is 0. The maximum absolute atomic E-state index is 2.24. The Bertz CT molecular complexity index is 578. The number of rotatable bonds is 1. The molecule has 0 atom stereocenters. The fraction of sp³-hybridized carbons (Fsp3) is 0. The lowest BCUT2D eigenvalue weighted by atomic mass is 10.1. The summed E-state index contributed by atoms with van der Waals surface area (Å²) in [6.45, 7) is 0. The van der Waals surface area contributed by atoms with Gasteiger partial charge in [-0.3, -0.25) is 0 Å². The van der Waals surface area contributed by atoms with Gasteiger partial charge in [0.1, 0.15) is 0 Å². The van der Waals surface area contributed by atoms with Crippen molar-refractivity contribution in [2.75, 3.05) is 0 Å². The highest BCUT2D eigenvalue weighted by molar-refractivity contribution is 5.89. The molecule has 0 bridgehead atoms. The van der Waals surface area contributed by atoms with Crippen molar-refractivity contribution >= 4 is 0 Å². The fourth-order valence-electron chi connectivity index (χ4n) is 1.94. The van der Waals surface area contributed by atoms with Crippen molar-refractivity contribution in [3.8, 4) is 22.3 Å². The van der Waals surface area contributed by atoms with Crippen LogP contribution in [0.4, 0.5) is 0 Å². The smallest absolute Gasteiger partial charge is 0.0171 e. The van der Waals surface area contributed by atoms with Crippen molar-refractivity contribution < 1.29 is 0 Å². The largest absolute Gasteiger partial charge is 0.0623 e. The van der Waals surface area contributed by atoms with Crippen LogP contribution in [0, 0.1) is 0 Å².